The highest BCUT2D eigenvalue weighted by Crippen LogP contribution is 2.35. The summed E-state index contributed by atoms with van der Waals surface area (Å²) in [4.78, 5) is 26.1. The molecule has 1 aromatic rings. The molecule has 2 fully saturated rings. The molecule has 1 saturated heterocycles. The Balaban J connectivity index is 1.73. The van der Waals surface area contributed by atoms with Crippen molar-refractivity contribution in [1.29, 1.82) is 0 Å². The highest BCUT2D eigenvalue weighted by Gasteiger charge is 2.39. The van der Waals surface area contributed by atoms with Gasteiger partial charge in [0.05, 0.1) is 5.54 Å². The lowest BCUT2D eigenvalue weighted by molar-refractivity contribution is -0.140. The van der Waals surface area contributed by atoms with Crippen LogP contribution >= 0.6 is 0 Å². The Morgan fingerprint density at radius 1 is 1.14 bits per heavy atom. The van der Waals surface area contributed by atoms with Crippen molar-refractivity contribution >= 4 is 11.8 Å². The van der Waals surface area contributed by atoms with Gasteiger partial charge < -0.3 is 10.2 Å². The minimum Gasteiger partial charge on any atom is -0.347 e. The van der Waals surface area contributed by atoms with Gasteiger partial charge in [-0.05, 0) is 31.2 Å². The standard InChI is InChI=1S/C18H24N2O2/c1-14(21)19-18(16-8-3-2-4-9-16)10-12-20(13-11-18)17(22)15-6-5-7-15/h2-4,8-9,15H,5-7,10-13H2,1H3,(H,19,21). The first kappa shape index (κ1) is 15.1. The monoisotopic (exact) mass is 300 g/mol. The average Bonchev–Trinajstić information content (AvgIpc) is 2.46. The van der Waals surface area contributed by atoms with E-state index in [0.717, 1.165) is 44.3 Å². The summed E-state index contributed by atoms with van der Waals surface area (Å²) >= 11 is 0. The number of benzene rings is 1. The second-order valence-electron chi connectivity index (χ2n) is 6.58. The number of rotatable bonds is 3. The molecule has 0 radical (unpaired) electrons. The number of carbonyl (C=O) groups excluding carboxylic acids is 2. The van der Waals surface area contributed by atoms with Crippen molar-refractivity contribution in [2.24, 2.45) is 5.92 Å². The molecule has 4 nitrogen and oxygen atoms in total. The smallest absolute Gasteiger partial charge is 0.225 e. The van der Waals surface area contributed by atoms with E-state index in [-0.39, 0.29) is 17.4 Å². The summed E-state index contributed by atoms with van der Waals surface area (Å²) in [7, 11) is 0. The Morgan fingerprint density at radius 3 is 2.27 bits per heavy atom. The number of hydrogen-bond donors (Lipinski definition) is 1. The summed E-state index contributed by atoms with van der Waals surface area (Å²) < 4.78 is 0. The molecule has 1 saturated carbocycles. The van der Waals surface area contributed by atoms with Crippen LogP contribution in [0.15, 0.2) is 30.3 Å². The topological polar surface area (TPSA) is 49.4 Å². The Hall–Kier alpha value is -1.84. The number of piperidine rings is 1. The first-order valence-electron chi connectivity index (χ1n) is 8.24. The van der Waals surface area contributed by atoms with E-state index in [1.807, 2.05) is 23.1 Å². The fourth-order valence-corrected chi connectivity index (χ4v) is 3.60. The van der Waals surface area contributed by atoms with Crippen molar-refractivity contribution < 1.29 is 9.59 Å². The van der Waals surface area contributed by atoms with Crippen molar-refractivity contribution in [3.05, 3.63) is 35.9 Å². The summed E-state index contributed by atoms with van der Waals surface area (Å²) in [5, 5.41) is 3.15. The Morgan fingerprint density at radius 2 is 1.77 bits per heavy atom. The molecule has 1 heterocycles. The largest absolute Gasteiger partial charge is 0.347 e. The van der Waals surface area contributed by atoms with Crippen LogP contribution < -0.4 is 5.32 Å². The average molecular weight is 300 g/mol. The van der Waals surface area contributed by atoms with E-state index >= 15 is 0 Å². The van der Waals surface area contributed by atoms with Crippen molar-refractivity contribution in [3.63, 3.8) is 0 Å². The van der Waals surface area contributed by atoms with Gasteiger partial charge in [-0.1, -0.05) is 36.8 Å². The highest BCUT2D eigenvalue weighted by molar-refractivity contribution is 5.80. The van der Waals surface area contributed by atoms with Crippen LogP contribution in [0.2, 0.25) is 0 Å². The predicted octanol–water partition coefficient (Wildman–Crippen LogP) is 2.44. The molecule has 1 aliphatic carbocycles. The van der Waals surface area contributed by atoms with Crippen LogP contribution in [0, 0.1) is 5.92 Å². The number of hydrogen-bond acceptors (Lipinski definition) is 2. The summed E-state index contributed by atoms with van der Waals surface area (Å²) in [5.41, 5.74) is 0.810. The lowest BCUT2D eigenvalue weighted by atomic mass is 9.79. The van der Waals surface area contributed by atoms with Crippen molar-refractivity contribution in [2.45, 2.75) is 44.6 Å². The molecule has 0 bridgehead atoms. The molecule has 0 atom stereocenters. The molecule has 0 unspecified atom stereocenters. The third-order valence-corrected chi connectivity index (χ3v) is 5.12. The molecule has 118 valence electrons. The number of carbonyl (C=O) groups is 2. The lowest BCUT2D eigenvalue weighted by Gasteiger charge is -2.44. The fraction of sp³-hybridized carbons (Fsp3) is 0.556. The lowest BCUT2D eigenvalue weighted by Crippen LogP contribution is -2.54. The summed E-state index contributed by atoms with van der Waals surface area (Å²) in [6.07, 6.45) is 4.85. The van der Waals surface area contributed by atoms with Crippen LogP contribution in [0.3, 0.4) is 0 Å². The van der Waals surface area contributed by atoms with Gasteiger partial charge in [0, 0.05) is 25.9 Å². The maximum absolute atomic E-state index is 12.4. The fourth-order valence-electron chi connectivity index (χ4n) is 3.60. The zero-order chi connectivity index (χ0) is 15.6. The van der Waals surface area contributed by atoms with E-state index in [2.05, 4.69) is 17.4 Å². The molecule has 1 aliphatic heterocycles. The predicted molar refractivity (Wildman–Crippen MR) is 85.1 cm³/mol. The van der Waals surface area contributed by atoms with Gasteiger partial charge in [0.2, 0.25) is 11.8 Å². The molecule has 0 spiro atoms. The van der Waals surface area contributed by atoms with Crippen LogP contribution in [0.1, 0.15) is 44.6 Å². The highest BCUT2D eigenvalue weighted by atomic mass is 16.2. The third kappa shape index (κ3) is 2.87. The minimum absolute atomic E-state index is 0.0115. The molecule has 4 heteroatoms. The SMILES string of the molecule is CC(=O)NC1(c2ccccc2)CCN(C(=O)C2CCC2)CC1. The first-order valence-corrected chi connectivity index (χ1v) is 8.24. The van der Waals surface area contributed by atoms with Gasteiger partial charge in [0.25, 0.3) is 0 Å². The van der Waals surface area contributed by atoms with Crippen LogP contribution in [0.4, 0.5) is 0 Å². The molecule has 1 N–H and O–H groups in total. The van der Waals surface area contributed by atoms with E-state index in [4.69, 9.17) is 0 Å². The van der Waals surface area contributed by atoms with Crippen LogP contribution in [0.5, 0.6) is 0 Å². The molecular weight excluding hydrogens is 276 g/mol. The van der Waals surface area contributed by atoms with E-state index in [1.165, 1.54) is 6.42 Å². The van der Waals surface area contributed by atoms with Crippen molar-refractivity contribution in [3.8, 4) is 0 Å². The summed E-state index contributed by atoms with van der Waals surface area (Å²) in [6.45, 7) is 3.02. The minimum atomic E-state index is -0.330. The molecule has 3 rings (SSSR count). The quantitative estimate of drug-likeness (QED) is 0.932. The zero-order valence-corrected chi connectivity index (χ0v) is 13.2. The zero-order valence-electron chi connectivity index (χ0n) is 13.2. The Labute approximate surface area is 131 Å². The molecule has 2 aliphatic rings. The maximum Gasteiger partial charge on any atom is 0.225 e. The van der Waals surface area contributed by atoms with Gasteiger partial charge in [-0.15, -0.1) is 0 Å². The van der Waals surface area contributed by atoms with Gasteiger partial charge in [-0.3, -0.25) is 9.59 Å². The first-order chi connectivity index (χ1) is 10.6. The van der Waals surface area contributed by atoms with E-state index < -0.39 is 0 Å². The number of likely N-dealkylation sites (tertiary alicyclic amines) is 1. The number of amides is 2. The second kappa shape index (κ2) is 6.11. The van der Waals surface area contributed by atoms with Gasteiger partial charge in [-0.2, -0.15) is 0 Å². The van der Waals surface area contributed by atoms with Crippen LogP contribution in [-0.2, 0) is 15.1 Å². The second-order valence-corrected chi connectivity index (χ2v) is 6.58. The summed E-state index contributed by atoms with van der Waals surface area (Å²) in [5.74, 6) is 0.559. The Kier molecular flexibility index (Phi) is 4.19. The molecular formula is C18H24N2O2. The van der Waals surface area contributed by atoms with Crippen LogP contribution in [-0.4, -0.2) is 29.8 Å². The Bertz CT molecular complexity index is 543. The van der Waals surface area contributed by atoms with Gasteiger partial charge in [0.15, 0.2) is 0 Å². The van der Waals surface area contributed by atoms with E-state index in [9.17, 15) is 9.59 Å². The number of nitrogens with one attached hydrogen (secondary N) is 1. The van der Waals surface area contributed by atoms with Crippen LogP contribution in [0.25, 0.3) is 0 Å². The summed E-state index contributed by atoms with van der Waals surface area (Å²) in [6, 6.07) is 10.1. The van der Waals surface area contributed by atoms with E-state index in [1.54, 1.807) is 6.92 Å². The van der Waals surface area contributed by atoms with Gasteiger partial charge >= 0.3 is 0 Å². The molecule has 1 aromatic carbocycles. The van der Waals surface area contributed by atoms with Gasteiger partial charge in [0.1, 0.15) is 0 Å². The molecule has 0 aromatic heterocycles. The molecule has 2 amide bonds. The normalized spacial score (nSPS) is 21.0. The van der Waals surface area contributed by atoms with E-state index in [0.29, 0.717) is 5.91 Å². The van der Waals surface area contributed by atoms with Gasteiger partial charge in [-0.25, -0.2) is 0 Å². The van der Waals surface area contributed by atoms with Crippen molar-refractivity contribution in [1.82, 2.24) is 10.2 Å². The molecule has 22 heavy (non-hydrogen) atoms. The number of nitrogens with zero attached hydrogens (tertiary/aromatic N) is 1. The third-order valence-electron chi connectivity index (χ3n) is 5.12. The van der Waals surface area contributed by atoms with Crippen molar-refractivity contribution in [2.75, 3.05) is 13.1 Å². The maximum atomic E-state index is 12.4.